The van der Waals surface area contributed by atoms with Gasteiger partial charge in [-0.3, -0.25) is 0 Å². The Bertz CT molecular complexity index is 3840. The third-order valence-electron chi connectivity index (χ3n) is 6.50. The molecule has 0 unspecified atom stereocenters. The van der Waals surface area contributed by atoms with Gasteiger partial charge in [-0.1, -0.05) is 169 Å². The van der Waals surface area contributed by atoms with Gasteiger partial charge in [0.2, 0.25) is 0 Å². The van der Waals surface area contributed by atoms with Gasteiger partial charge in [0.05, 0.1) is 41.1 Å². The number of benzene rings is 8. The first kappa shape index (κ1) is 9.39. The normalized spacial score (nSPS) is 20.7. The zero-order chi connectivity index (χ0) is 55.4. The summed E-state index contributed by atoms with van der Waals surface area (Å²) in [5.74, 6) is 0. The van der Waals surface area contributed by atoms with E-state index in [0.717, 1.165) is 0 Å². The number of hydrogen-bond donors (Lipinski definition) is 0. The van der Waals surface area contributed by atoms with Crippen molar-refractivity contribution in [2.75, 3.05) is 0 Å². The Balaban J connectivity index is 1.72. The fraction of sp³-hybridized carbons (Fsp3) is 0. The molecule has 0 aromatic heterocycles. The highest BCUT2D eigenvalue weighted by Gasteiger charge is 2.18. The second-order valence-corrected chi connectivity index (χ2v) is 9.00. The highest BCUT2D eigenvalue weighted by atomic mass is 14.2. The van der Waals surface area contributed by atoms with E-state index >= 15 is 0 Å². The van der Waals surface area contributed by atoms with E-state index in [0.29, 0.717) is 0 Å². The second-order valence-electron chi connectivity index (χ2n) is 9.00. The minimum atomic E-state index is -1.19. The molecule has 0 spiro atoms. The van der Waals surface area contributed by atoms with Crippen LogP contribution in [0.1, 0.15) is 41.1 Å². The minimum Gasteiger partial charge on any atom is -0.0622 e. The molecule has 0 nitrogen and oxygen atoms in total. The van der Waals surface area contributed by atoms with Crippen molar-refractivity contribution in [3.05, 3.63) is 181 Å². The molecule has 206 valence electrons. The Hall–Kier alpha value is -5.72. The van der Waals surface area contributed by atoms with Crippen molar-refractivity contribution in [2.24, 2.45) is 0 Å². The average molecular weight is 589 g/mol. The molecule has 8 aromatic carbocycles. The van der Waals surface area contributed by atoms with E-state index in [-0.39, 0.29) is 0 Å². The zero-order valence-electron chi connectivity index (χ0n) is 52.0. The average Bonchev–Trinajstić information content (AvgIpc) is 3.36. The molecule has 0 aliphatic rings. The molecule has 0 radical (unpaired) electrons. The lowest BCUT2D eigenvalue weighted by molar-refractivity contribution is 1.58. The third kappa shape index (κ3) is 4.68. The predicted molar refractivity (Wildman–Crippen MR) is 189 cm³/mol. The maximum Gasteiger partial charge on any atom is 0.0636 e. The van der Waals surface area contributed by atoms with Crippen molar-refractivity contribution in [1.82, 2.24) is 0 Å². The van der Waals surface area contributed by atoms with Crippen LogP contribution in [0.25, 0.3) is 77.2 Å². The molecule has 0 heteroatoms. The Morgan fingerprint density at radius 2 is 0.591 bits per heavy atom. The highest BCUT2D eigenvalue weighted by Crippen LogP contribution is 2.45. The first-order valence-electron chi connectivity index (χ1n) is 27.8. The largest absolute Gasteiger partial charge is 0.0636 e. The number of rotatable bonds is 5. The Morgan fingerprint density at radius 1 is 0.227 bits per heavy atom. The van der Waals surface area contributed by atoms with Crippen LogP contribution in [0, 0.1) is 0 Å². The fourth-order valence-corrected chi connectivity index (χ4v) is 4.62. The summed E-state index contributed by atoms with van der Waals surface area (Å²) >= 11 is 0. The molecular formula is C44H30. The van der Waals surface area contributed by atoms with Crippen molar-refractivity contribution < 1.29 is 41.1 Å². The van der Waals surface area contributed by atoms with E-state index in [1.165, 1.54) is 0 Å². The van der Waals surface area contributed by atoms with E-state index in [9.17, 15) is 12.3 Å². The fourth-order valence-electron chi connectivity index (χ4n) is 4.62. The van der Waals surface area contributed by atoms with Crippen LogP contribution in [0.3, 0.4) is 0 Å². The molecule has 0 bridgehead atoms. The molecule has 0 amide bonds. The van der Waals surface area contributed by atoms with Gasteiger partial charge < -0.3 is 0 Å². The van der Waals surface area contributed by atoms with E-state index in [4.69, 9.17) is 28.8 Å². The van der Waals surface area contributed by atoms with E-state index in [1.807, 2.05) is 0 Å². The topological polar surface area (TPSA) is 0 Å². The summed E-state index contributed by atoms with van der Waals surface area (Å²) in [6, 6.07) is -31.0. The first-order chi connectivity index (χ1) is 34.3. The summed E-state index contributed by atoms with van der Waals surface area (Å²) in [6.07, 6.45) is 0. The van der Waals surface area contributed by atoms with Gasteiger partial charge in [-0.05, 0) is 89.3 Å². The van der Waals surface area contributed by atoms with E-state index in [1.54, 1.807) is 0 Å². The summed E-state index contributed by atoms with van der Waals surface area (Å²) in [7, 11) is 0. The Morgan fingerprint density at radius 3 is 1.20 bits per heavy atom. The second kappa shape index (κ2) is 11.2. The predicted octanol–water partition coefficient (Wildman–Crippen LogP) is 12.3. The van der Waals surface area contributed by atoms with Gasteiger partial charge in [-0.15, -0.1) is 0 Å². The zero-order valence-corrected chi connectivity index (χ0v) is 22.0. The molecule has 0 fully saturated rings. The van der Waals surface area contributed by atoms with Crippen LogP contribution in [0.4, 0.5) is 0 Å². The Kier molecular flexibility index (Phi) is 2.38. The molecule has 0 saturated heterocycles. The molecule has 0 aliphatic heterocycles. The maximum atomic E-state index is 9.92. The van der Waals surface area contributed by atoms with Crippen LogP contribution in [0.15, 0.2) is 181 Å². The first-order valence-corrected chi connectivity index (χ1v) is 12.8. The van der Waals surface area contributed by atoms with Crippen LogP contribution in [-0.4, -0.2) is 0 Å². The number of fused-ring (bicyclic) bond motifs is 2. The van der Waals surface area contributed by atoms with Crippen molar-refractivity contribution in [2.45, 2.75) is 0 Å². The lowest BCUT2D eigenvalue weighted by Crippen LogP contribution is -1.92. The molecule has 0 saturated carbocycles. The van der Waals surface area contributed by atoms with Crippen molar-refractivity contribution in [3.63, 3.8) is 0 Å². The van der Waals surface area contributed by atoms with Gasteiger partial charge in [0.25, 0.3) is 0 Å². The highest BCUT2D eigenvalue weighted by molar-refractivity contribution is 6.22. The molecule has 0 atom stereocenters. The molecule has 0 N–H and O–H groups in total. The van der Waals surface area contributed by atoms with Crippen LogP contribution in [0.2, 0.25) is 0 Å². The molecular weight excluding hydrogens is 528 g/mol. The molecule has 0 heterocycles. The van der Waals surface area contributed by atoms with Crippen molar-refractivity contribution in [1.29, 1.82) is 0 Å². The van der Waals surface area contributed by atoms with E-state index < -0.39 is 258 Å². The summed E-state index contributed by atoms with van der Waals surface area (Å²) in [6.45, 7) is 0. The monoisotopic (exact) mass is 588 g/mol. The minimum absolute atomic E-state index is 0.760. The van der Waals surface area contributed by atoms with Crippen molar-refractivity contribution >= 4 is 21.5 Å². The summed E-state index contributed by atoms with van der Waals surface area (Å²) in [5, 5.41) is -3.41. The lowest BCUT2D eigenvalue weighted by Gasteiger charge is -2.19. The summed E-state index contributed by atoms with van der Waals surface area (Å²) in [4.78, 5) is 0. The van der Waals surface area contributed by atoms with Gasteiger partial charge in [0.15, 0.2) is 0 Å². The molecule has 44 heavy (non-hydrogen) atoms. The lowest BCUT2D eigenvalue weighted by atomic mass is 9.84. The Labute approximate surface area is 300 Å². The van der Waals surface area contributed by atoms with Crippen LogP contribution in [-0.2, 0) is 0 Å². The number of hydrogen-bond acceptors (Lipinski definition) is 0. The van der Waals surface area contributed by atoms with Crippen LogP contribution < -0.4 is 0 Å². The van der Waals surface area contributed by atoms with Crippen LogP contribution in [0.5, 0.6) is 0 Å². The summed E-state index contributed by atoms with van der Waals surface area (Å²) < 4.78 is 267. The molecule has 8 aromatic rings. The van der Waals surface area contributed by atoms with Gasteiger partial charge in [0, 0.05) is 0 Å². The quantitative estimate of drug-likeness (QED) is 0.175. The van der Waals surface area contributed by atoms with Gasteiger partial charge in [-0.25, -0.2) is 0 Å². The maximum absolute atomic E-state index is 9.92. The SMILES string of the molecule is [2H]c1c([2H])c([2H])c(-c2c([2H])c([2H])c(-c3c([2H])c([2H])c([2H])c(-c4c5c([2H])c([2H])c([2H])c([2H])c5c(-c5c([2H])c([2H])c([2H])c([2H])c5[2H])c5c([2H])c([2H])c(-c6c([2H])c([2H])c([2H])c([2H])c6[2H])c([2H])c45)c3[2H])c([2H])c2[2H])c([2H])c1[2H]. The van der Waals surface area contributed by atoms with Crippen LogP contribution >= 0.6 is 0 Å². The van der Waals surface area contributed by atoms with E-state index in [2.05, 4.69) is 0 Å². The van der Waals surface area contributed by atoms with Gasteiger partial charge in [0.1, 0.15) is 0 Å². The smallest absolute Gasteiger partial charge is 0.0622 e. The van der Waals surface area contributed by atoms with Gasteiger partial charge >= 0.3 is 0 Å². The standard InChI is InChI=1S/C44H30/c1-4-13-31(14-5-1)33-23-25-34(26-24-33)36-19-12-20-38(29-36)44-40-22-11-10-21-39(40)43(35-17-8-3-9-18-35)41-28-27-37(30-42(41)44)32-15-6-2-7-16-32/h1-30H/i1D,2D,3D,4D,5D,6D,7D,8D,9D,10D,11D,12D,13D,14D,15D,16D,17D,18D,19D,20D,21D,22D,23D,24D,25D,26D,27D,28D,29D,30D. The van der Waals surface area contributed by atoms with Gasteiger partial charge in [-0.2, -0.15) is 0 Å². The molecule has 8 rings (SSSR count). The molecule has 0 aliphatic carbocycles. The van der Waals surface area contributed by atoms with Crippen molar-refractivity contribution in [3.8, 4) is 55.6 Å². The summed E-state index contributed by atoms with van der Waals surface area (Å²) in [5.41, 5.74) is -8.85. The third-order valence-corrected chi connectivity index (χ3v) is 6.50.